The summed E-state index contributed by atoms with van der Waals surface area (Å²) in [5.41, 5.74) is 1.37. The van der Waals surface area contributed by atoms with Crippen molar-refractivity contribution >= 4 is 5.91 Å². The van der Waals surface area contributed by atoms with Crippen molar-refractivity contribution in [2.75, 3.05) is 13.1 Å². The molecule has 23 heavy (non-hydrogen) atoms. The number of carbonyl (C=O) groups is 1. The Bertz CT molecular complexity index is 784. The zero-order valence-electron chi connectivity index (χ0n) is 13.1. The highest BCUT2D eigenvalue weighted by molar-refractivity contribution is 5.95. The van der Waals surface area contributed by atoms with Crippen LogP contribution >= 0.6 is 0 Å². The normalized spacial score (nSPS) is 21.6. The minimum absolute atomic E-state index is 0.0441. The second-order valence-electron chi connectivity index (χ2n) is 6.53. The van der Waals surface area contributed by atoms with Crippen LogP contribution in [0.15, 0.2) is 11.0 Å². The van der Waals surface area contributed by atoms with Crippen LogP contribution in [0.25, 0.3) is 0 Å². The van der Waals surface area contributed by atoms with Crippen molar-refractivity contribution in [3.05, 3.63) is 33.8 Å². The topological polar surface area (TPSA) is 99.7 Å². The van der Waals surface area contributed by atoms with Crippen LogP contribution < -0.4 is 5.69 Å². The summed E-state index contributed by atoms with van der Waals surface area (Å²) in [6.45, 7) is 1.32. The van der Waals surface area contributed by atoms with Crippen molar-refractivity contribution in [2.24, 2.45) is 7.05 Å². The highest BCUT2D eigenvalue weighted by atomic mass is 16.2. The number of hydrogen-bond donors (Lipinski definition) is 2. The summed E-state index contributed by atoms with van der Waals surface area (Å²) in [5, 5.41) is 10.9. The Kier molecular flexibility index (Phi) is 3.32. The average Bonchev–Trinajstić information content (AvgIpc) is 3.19. The molecular weight excluding hydrogens is 296 g/mol. The molecule has 2 fully saturated rings. The number of nitrogens with one attached hydrogen (secondary N) is 2. The molecule has 122 valence electrons. The first-order chi connectivity index (χ1) is 11.1. The number of carbonyl (C=O) groups excluding carboxylic acids is 1. The number of hydrogen-bond acceptors (Lipinski definition) is 4. The van der Waals surface area contributed by atoms with Crippen molar-refractivity contribution in [1.29, 1.82) is 0 Å². The largest absolute Gasteiger partial charge is 0.340 e. The molecule has 1 amide bonds. The summed E-state index contributed by atoms with van der Waals surface area (Å²) >= 11 is 0. The zero-order valence-corrected chi connectivity index (χ0v) is 13.1. The van der Waals surface area contributed by atoms with Crippen molar-refractivity contribution in [1.82, 2.24) is 29.9 Å². The molecule has 4 rings (SSSR count). The number of amides is 1. The number of piperidine rings is 1. The fraction of sp³-hybridized carbons (Fsp3) is 0.600. The van der Waals surface area contributed by atoms with Crippen molar-refractivity contribution < 1.29 is 4.79 Å². The molecule has 0 aromatic carbocycles. The summed E-state index contributed by atoms with van der Waals surface area (Å²) in [6.07, 6.45) is 5.90. The highest BCUT2D eigenvalue weighted by Gasteiger charge is 2.34. The lowest BCUT2D eigenvalue weighted by atomic mass is 9.96. The van der Waals surface area contributed by atoms with Gasteiger partial charge in [-0.1, -0.05) is 0 Å². The van der Waals surface area contributed by atoms with Crippen LogP contribution in [0.5, 0.6) is 0 Å². The smallest absolute Gasteiger partial charge is 0.338 e. The van der Waals surface area contributed by atoms with Gasteiger partial charge in [-0.15, -0.1) is 0 Å². The molecule has 2 aliphatic rings. The van der Waals surface area contributed by atoms with Gasteiger partial charge in [0.2, 0.25) is 0 Å². The van der Waals surface area contributed by atoms with E-state index in [1.54, 1.807) is 4.68 Å². The Labute approximate surface area is 132 Å². The van der Waals surface area contributed by atoms with Crippen LogP contribution in [0.3, 0.4) is 0 Å². The monoisotopic (exact) mass is 316 g/mol. The number of aryl methyl sites for hydroxylation is 1. The van der Waals surface area contributed by atoms with E-state index in [-0.39, 0.29) is 17.5 Å². The highest BCUT2D eigenvalue weighted by Crippen LogP contribution is 2.41. The summed E-state index contributed by atoms with van der Waals surface area (Å²) in [7, 11) is 1.86. The Balaban J connectivity index is 1.55. The van der Waals surface area contributed by atoms with Gasteiger partial charge in [0.15, 0.2) is 0 Å². The fourth-order valence-electron chi connectivity index (χ4n) is 3.36. The van der Waals surface area contributed by atoms with E-state index < -0.39 is 0 Å². The van der Waals surface area contributed by atoms with E-state index in [4.69, 9.17) is 0 Å². The molecule has 1 aliphatic heterocycles. The molecule has 1 atom stereocenters. The first kappa shape index (κ1) is 14.2. The maximum absolute atomic E-state index is 12.9. The standard InChI is InChI=1S/C15H20N6O2/c1-20-8-11(12(19-20)9-4-5-9)14(22)21-6-2-3-10(7-21)13-16-15(23)18-17-13/h8-10H,2-7H2,1H3,(H2,16,17,18,23). The zero-order chi connectivity index (χ0) is 16.0. The van der Waals surface area contributed by atoms with E-state index in [1.807, 2.05) is 18.1 Å². The van der Waals surface area contributed by atoms with Gasteiger partial charge in [-0.2, -0.15) is 10.2 Å². The van der Waals surface area contributed by atoms with E-state index in [2.05, 4.69) is 20.3 Å². The Morgan fingerprint density at radius 3 is 2.83 bits per heavy atom. The molecule has 2 aromatic heterocycles. The summed E-state index contributed by atoms with van der Waals surface area (Å²) < 4.78 is 1.73. The molecule has 2 aromatic rings. The molecule has 1 aliphatic carbocycles. The first-order valence-electron chi connectivity index (χ1n) is 8.09. The maximum atomic E-state index is 12.9. The third-order valence-corrected chi connectivity index (χ3v) is 4.67. The quantitative estimate of drug-likeness (QED) is 0.872. The Morgan fingerprint density at radius 2 is 2.13 bits per heavy atom. The van der Waals surface area contributed by atoms with Crippen molar-refractivity contribution in [3.63, 3.8) is 0 Å². The van der Waals surface area contributed by atoms with Gasteiger partial charge in [-0.25, -0.2) is 9.89 Å². The van der Waals surface area contributed by atoms with Gasteiger partial charge < -0.3 is 4.90 Å². The molecule has 1 unspecified atom stereocenters. The van der Waals surface area contributed by atoms with E-state index in [0.717, 1.165) is 43.5 Å². The van der Waals surface area contributed by atoms with Gasteiger partial charge >= 0.3 is 5.69 Å². The number of aromatic nitrogens is 5. The SMILES string of the molecule is Cn1cc(C(=O)N2CCCC(c3n[nH]c(=O)[nH]3)C2)c(C2CC2)n1. The predicted octanol–water partition coefficient (Wildman–Crippen LogP) is 0.729. The van der Waals surface area contributed by atoms with Crippen LogP contribution in [0.2, 0.25) is 0 Å². The van der Waals surface area contributed by atoms with Gasteiger partial charge in [0.1, 0.15) is 5.82 Å². The van der Waals surface area contributed by atoms with Crippen LogP contribution in [0.4, 0.5) is 0 Å². The van der Waals surface area contributed by atoms with Crippen molar-refractivity contribution in [3.8, 4) is 0 Å². The molecule has 0 bridgehead atoms. The van der Waals surface area contributed by atoms with Crippen LogP contribution in [-0.2, 0) is 7.05 Å². The molecule has 3 heterocycles. The second kappa shape index (κ2) is 5.36. The molecular formula is C15H20N6O2. The summed E-state index contributed by atoms with van der Waals surface area (Å²) in [6, 6.07) is 0. The minimum Gasteiger partial charge on any atom is -0.338 e. The number of likely N-dealkylation sites (tertiary alicyclic amines) is 1. The fourth-order valence-corrected chi connectivity index (χ4v) is 3.36. The van der Waals surface area contributed by atoms with Gasteiger partial charge in [0.05, 0.1) is 11.3 Å². The van der Waals surface area contributed by atoms with E-state index in [0.29, 0.717) is 18.3 Å². The first-order valence-corrected chi connectivity index (χ1v) is 8.09. The molecule has 0 spiro atoms. The van der Waals surface area contributed by atoms with Gasteiger partial charge in [0.25, 0.3) is 5.91 Å². The molecule has 8 nitrogen and oxygen atoms in total. The summed E-state index contributed by atoms with van der Waals surface area (Å²) in [4.78, 5) is 28.7. The summed E-state index contributed by atoms with van der Waals surface area (Å²) in [5.74, 6) is 1.20. The lowest BCUT2D eigenvalue weighted by molar-refractivity contribution is 0.0703. The second-order valence-corrected chi connectivity index (χ2v) is 6.53. The van der Waals surface area contributed by atoms with Gasteiger partial charge in [-0.3, -0.25) is 14.5 Å². The molecule has 0 radical (unpaired) electrons. The van der Waals surface area contributed by atoms with Crippen LogP contribution in [0.1, 0.15) is 59.4 Å². The molecule has 1 saturated heterocycles. The Hall–Kier alpha value is -2.38. The number of nitrogens with zero attached hydrogens (tertiary/aromatic N) is 4. The minimum atomic E-state index is -0.299. The van der Waals surface area contributed by atoms with Crippen LogP contribution in [0, 0.1) is 0 Å². The molecule has 8 heteroatoms. The molecule has 2 N–H and O–H groups in total. The van der Waals surface area contributed by atoms with Crippen molar-refractivity contribution in [2.45, 2.75) is 37.5 Å². The lowest BCUT2D eigenvalue weighted by Gasteiger charge is -2.31. The van der Waals surface area contributed by atoms with Gasteiger partial charge in [-0.05, 0) is 25.7 Å². The predicted molar refractivity (Wildman–Crippen MR) is 82.3 cm³/mol. The van der Waals surface area contributed by atoms with Gasteiger partial charge in [0, 0.05) is 38.2 Å². The maximum Gasteiger partial charge on any atom is 0.340 e. The third-order valence-electron chi connectivity index (χ3n) is 4.67. The van der Waals surface area contributed by atoms with E-state index in [9.17, 15) is 9.59 Å². The number of rotatable bonds is 3. The lowest BCUT2D eigenvalue weighted by Crippen LogP contribution is -2.39. The van der Waals surface area contributed by atoms with E-state index in [1.165, 1.54) is 0 Å². The number of aromatic amines is 2. The Morgan fingerprint density at radius 1 is 1.30 bits per heavy atom. The average molecular weight is 316 g/mol. The van der Waals surface area contributed by atoms with Crippen LogP contribution in [-0.4, -0.2) is 48.9 Å². The molecule has 1 saturated carbocycles. The third kappa shape index (κ3) is 2.69. The number of H-pyrrole nitrogens is 2. The van der Waals surface area contributed by atoms with E-state index >= 15 is 0 Å².